The van der Waals surface area contributed by atoms with Gasteiger partial charge in [0, 0.05) is 25.3 Å². The summed E-state index contributed by atoms with van der Waals surface area (Å²) in [6, 6.07) is 4.44. The molecule has 1 aromatic rings. The molecule has 1 aliphatic heterocycles. The molecule has 0 saturated carbocycles. The lowest BCUT2D eigenvalue weighted by Gasteiger charge is -2.23. The molecule has 1 N–H and O–H groups in total. The molecule has 1 unspecified atom stereocenters. The molecule has 118 valence electrons. The van der Waals surface area contributed by atoms with Crippen LogP contribution in [0, 0.1) is 18.8 Å². The monoisotopic (exact) mass is 289 g/mol. The Kier molecular flexibility index (Phi) is 6.04. The van der Waals surface area contributed by atoms with Crippen molar-refractivity contribution in [3.05, 3.63) is 23.4 Å². The molecule has 21 heavy (non-hydrogen) atoms. The molecule has 2 rings (SSSR count). The highest BCUT2D eigenvalue weighted by molar-refractivity contribution is 5.41. The number of hydrogen-bond donors (Lipinski definition) is 1. The molecule has 1 aromatic heterocycles. The molecule has 0 aliphatic carbocycles. The van der Waals surface area contributed by atoms with Crippen LogP contribution in [0.2, 0.25) is 0 Å². The van der Waals surface area contributed by atoms with E-state index in [2.05, 4.69) is 50.0 Å². The molecule has 0 amide bonds. The van der Waals surface area contributed by atoms with Gasteiger partial charge in [-0.2, -0.15) is 0 Å². The molecule has 1 fully saturated rings. The lowest BCUT2D eigenvalue weighted by atomic mass is 9.89. The predicted octanol–water partition coefficient (Wildman–Crippen LogP) is 3.76. The number of aryl methyl sites for hydroxylation is 1. The van der Waals surface area contributed by atoms with Crippen molar-refractivity contribution in [3.63, 3.8) is 0 Å². The first-order valence-electron chi connectivity index (χ1n) is 8.54. The van der Waals surface area contributed by atoms with E-state index in [1.54, 1.807) is 0 Å². The molecule has 0 spiro atoms. The van der Waals surface area contributed by atoms with E-state index >= 15 is 0 Å². The Morgan fingerprint density at radius 3 is 2.76 bits per heavy atom. The highest BCUT2D eigenvalue weighted by Crippen LogP contribution is 2.27. The second-order valence-electron chi connectivity index (χ2n) is 6.62. The van der Waals surface area contributed by atoms with Gasteiger partial charge in [0.15, 0.2) is 0 Å². The standard InChI is InChI=1S/C18H31N3/c1-5-19-13-17-8-9-18(20-15(17)4)21-11-6-7-16(10-12-21)14(2)3/h8-9,14,16,19H,5-7,10-13H2,1-4H3. The Hall–Kier alpha value is -1.09. The third-order valence-corrected chi connectivity index (χ3v) is 4.79. The molecular weight excluding hydrogens is 258 g/mol. The zero-order valence-electron chi connectivity index (χ0n) is 14.2. The summed E-state index contributed by atoms with van der Waals surface area (Å²) < 4.78 is 0. The van der Waals surface area contributed by atoms with Crippen LogP contribution in [0.25, 0.3) is 0 Å². The molecule has 0 aromatic carbocycles. The second-order valence-corrected chi connectivity index (χ2v) is 6.62. The van der Waals surface area contributed by atoms with E-state index in [0.29, 0.717) is 0 Å². The van der Waals surface area contributed by atoms with Crippen molar-refractivity contribution >= 4 is 5.82 Å². The molecule has 0 bridgehead atoms. The number of anilines is 1. The van der Waals surface area contributed by atoms with Gasteiger partial charge in [0.1, 0.15) is 5.82 Å². The van der Waals surface area contributed by atoms with Crippen molar-refractivity contribution in [3.8, 4) is 0 Å². The van der Waals surface area contributed by atoms with Crippen LogP contribution in [-0.2, 0) is 6.54 Å². The van der Waals surface area contributed by atoms with Gasteiger partial charge in [0.25, 0.3) is 0 Å². The van der Waals surface area contributed by atoms with Gasteiger partial charge in [-0.1, -0.05) is 26.8 Å². The summed E-state index contributed by atoms with van der Waals surface area (Å²) >= 11 is 0. The third kappa shape index (κ3) is 4.44. The van der Waals surface area contributed by atoms with Gasteiger partial charge in [0.2, 0.25) is 0 Å². The summed E-state index contributed by atoms with van der Waals surface area (Å²) in [6.07, 6.45) is 3.96. The maximum absolute atomic E-state index is 4.85. The average Bonchev–Trinajstić information content (AvgIpc) is 2.72. The summed E-state index contributed by atoms with van der Waals surface area (Å²) in [4.78, 5) is 7.33. The van der Waals surface area contributed by atoms with Crippen LogP contribution in [0.5, 0.6) is 0 Å². The fourth-order valence-electron chi connectivity index (χ4n) is 3.22. The maximum atomic E-state index is 4.85. The summed E-state index contributed by atoms with van der Waals surface area (Å²) in [5, 5.41) is 3.38. The normalized spacial score (nSPS) is 19.9. The van der Waals surface area contributed by atoms with Crippen molar-refractivity contribution in [1.29, 1.82) is 0 Å². The Morgan fingerprint density at radius 1 is 1.29 bits per heavy atom. The molecule has 1 saturated heterocycles. The van der Waals surface area contributed by atoms with E-state index in [9.17, 15) is 0 Å². The van der Waals surface area contributed by atoms with Gasteiger partial charge in [-0.3, -0.25) is 0 Å². The lowest BCUT2D eigenvalue weighted by molar-refractivity contribution is 0.351. The van der Waals surface area contributed by atoms with Crippen LogP contribution in [-0.4, -0.2) is 24.6 Å². The average molecular weight is 289 g/mol. The van der Waals surface area contributed by atoms with E-state index in [0.717, 1.165) is 49.5 Å². The van der Waals surface area contributed by atoms with Gasteiger partial charge >= 0.3 is 0 Å². The van der Waals surface area contributed by atoms with Gasteiger partial charge in [-0.15, -0.1) is 0 Å². The van der Waals surface area contributed by atoms with Gasteiger partial charge in [-0.05, 0) is 56.2 Å². The number of nitrogens with zero attached hydrogens (tertiary/aromatic N) is 2. The molecule has 0 radical (unpaired) electrons. The third-order valence-electron chi connectivity index (χ3n) is 4.79. The number of hydrogen-bond acceptors (Lipinski definition) is 3. The van der Waals surface area contributed by atoms with E-state index in [4.69, 9.17) is 4.98 Å². The molecule has 2 heterocycles. The van der Waals surface area contributed by atoms with Crippen LogP contribution < -0.4 is 10.2 Å². The van der Waals surface area contributed by atoms with Crippen LogP contribution in [0.15, 0.2) is 12.1 Å². The molecule has 3 nitrogen and oxygen atoms in total. The number of nitrogens with one attached hydrogen (secondary N) is 1. The van der Waals surface area contributed by atoms with Gasteiger partial charge < -0.3 is 10.2 Å². The van der Waals surface area contributed by atoms with Crippen molar-refractivity contribution in [2.24, 2.45) is 11.8 Å². The highest BCUT2D eigenvalue weighted by Gasteiger charge is 2.20. The van der Waals surface area contributed by atoms with Gasteiger partial charge in [-0.25, -0.2) is 4.98 Å². The lowest BCUT2D eigenvalue weighted by Crippen LogP contribution is -2.26. The number of rotatable bonds is 5. The fourth-order valence-corrected chi connectivity index (χ4v) is 3.22. The summed E-state index contributed by atoms with van der Waals surface area (Å²) in [7, 11) is 0. The smallest absolute Gasteiger partial charge is 0.128 e. The van der Waals surface area contributed by atoms with Crippen molar-refractivity contribution in [2.45, 2.75) is 53.5 Å². The molecule has 3 heteroatoms. The van der Waals surface area contributed by atoms with Crippen LogP contribution >= 0.6 is 0 Å². The molecule has 1 atom stereocenters. The Balaban J connectivity index is 2.03. The highest BCUT2D eigenvalue weighted by atomic mass is 15.2. The molecule has 1 aliphatic rings. The second kappa shape index (κ2) is 7.79. The Morgan fingerprint density at radius 2 is 2.10 bits per heavy atom. The predicted molar refractivity (Wildman–Crippen MR) is 90.7 cm³/mol. The number of pyridine rings is 1. The van der Waals surface area contributed by atoms with Gasteiger partial charge in [0.05, 0.1) is 0 Å². The Labute approximate surface area is 130 Å². The maximum Gasteiger partial charge on any atom is 0.128 e. The van der Waals surface area contributed by atoms with Crippen molar-refractivity contribution in [1.82, 2.24) is 10.3 Å². The van der Waals surface area contributed by atoms with E-state index in [-0.39, 0.29) is 0 Å². The molecular formula is C18H31N3. The van der Waals surface area contributed by atoms with Crippen LogP contribution in [0.4, 0.5) is 5.82 Å². The van der Waals surface area contributed by atoms with Crippen molar-refractivity contribution in [2.75, 3.05) is 24.5 Å². The van der Waals surface area contributed by atoms with Crippen LogP contribution in [0.3, 0.4) is 0 Å². The fraction of sp³-hybridized carbons (Fsp3) is 0.722. The minimum absolute atomic E-state index is 0.808. The first kappa shape index (κ1) is 16.3. The largest absolute Gasteiger partial charge is 0.357 e. The van der Waals surface area contributed by atoms with E-state index in [1.165, 1.54) is 24.8 Å². The van der Waals surface area contributed by atoms with Crippen molar-refractivity contribution < 1.29 is 0 Å². The SMILES string of the molecule is CCNCc1ccc(N2CCCC(C(C)C)CC2)nc1C. The van der Waals surface area contributed by atoms with E-state index < -0.39 is 0 Å². The minimum Gasteiger partial charge on any atom is -0.357 e. The van der Waals surface area contributed by atoms with E-state index in [1.807, 2.05) is 0 Å². The Bertz CT molecular complexity index is 442. The van der Waals surface area contributed by atoms with Crippen LogP contribution in [0.1, 0.15) is 51.3 Å². The number of aromatic nitrogens is 1. The summed E-state index contributed by atoms with van der Waals surface area (Å²) in [5.74, 6) is 2.85. The zero-order chi connectivity index (χ0) is 15.2. The minimum atomic E-state index is 0.808. The first-order chi connectivity index (χ1) is 10.1. The zero-order valence-corrected chi connectivity index (χ0v) is 14.2. The topological polar surface area (TPSA) is 28.2 Å². The quantitative estimate of drug-likeness (QED) is 0.894. The first-order valence-corrected chi connectivity index (χ1v) is 8.54. The summed E-state index contributed by atoms with van der Waals surface area (Å²) in [6.45, 7) is 13.2. The summed E-state index contributed by atoms with van der Waals surface area (Å²) in [5.41, 5.74) is 2.48.